The van der Waals surface area contributed by atoms with Gasteiger partial charge in [-0.25, -0.2) is 0 Å². The van der Waals surface area contributed by atoms with Crippen LogP contribution in [0.15, 0.2) is 36.4 Å². The molecule has 0 aromatic heterocycles. The van der Waals surface area contributed by atoms with E-state index in [9.17, 15) is 14.7 Å². The van der Waals surface area contributed by atoms with Gasteiger partial charge in [0.15, 0.2) is 0 Å². The SMILES string of the molecule is NC(=O)CC(=O)Cc1cccc2ccc(O)cc12. The predicted molar refractivity (Wildman–Crippen MR) is 68.1 cm³/mol. The van der Waals surface area contributed by atoms with Gasteiger partial charge < -0.3 is 10.8 Å². The second-order valence-electron chi connectivity index (χ2n) is 4.18. The summed E-state index contributed by atoms with van der Waals surface area (Å²) in [5, 5.41) is 11.2. The summed E-state index contributed by atoms with van der Waals surface area (Å²) in [7, 11) is 0. The number of amides is 1. The Kier molecular flexibility index (Phi) is 3.28. The lowest BCUT2D eigenvalue weighted by atomic mass is 9.99. The normalized spacial score (nSPS) is 10.4. The number of hydrogen-bond donors (Lipinski definition) is 2. The van der Waals surface area contributed by atoms with Crippen LogP contribution in [0.2, 0.25) is 0 Å². The minimum absolute atomic E-state index is 0.143. The van der Waals surface area contributed by atoms with Crippen molar-refractivity contribution in [3.63, 3.8) is 0 Å². The van der Waals surface area contributed by atoms with Crippen LogP contribution in [0.3, 0.4) is 0 Å². The second-order valence-corrected chi connectivity index (χ2v) is 4.18. The van der Waals surface area contributed by atoms with E-state index in [1.807, 2.05) is 12.1 Å². The van der Waals surface area contributed by atoms with Gasteiger partial charge in [-0.2, -0.15) is 0 Å². The molecular weight excluding hydrogens is 230 g/mol. The summed E-state index contributed by atoms with van der Waals surface area (Å²) in [6.07, 6.45) is -0.112. The van der Waals surface area contributed by atoms with E-state index in [0.29, 0.717) is 0 Å². The number of Topliss-reactive ketones (excluding diaryl/α,β-unsaturated/α-hetero) is 1. The molecule has 2 rings (SSSR count). The lowest BCUT2D eigenvalue weighted by Gasteiger charge is -2.06. The number of fused-ring (bicyclic) bond motifs is 1. The summed E-state index contributed by atoms with van der Waals surface area (Å²) in [6.45, 7) is 0. The van der Waals surface area contributed by atoms with E-state index in [4.69, 9.17) is 5.73 Å². The average Bonchev–Trinajstić information content (AvgIpc) is 2.28. The van der Waals surface area contributed by atoms with E-state index < -0.39 is 5.91 Å². The zero-order chi connectivity index (χ0) is 13.1. The Bertz CT molecular complexity index is 619. The standard InChI is InChI=1S/C14H13NO3/c15-14(18)8-12(17)6-10-3-1-2-9-4-5-11(16)7-13(9)10/h1-5,7,16H,6,8H2,(H2,15,18). The van der Waals surface area contributed by atoms with Gasteiger partial charge in [0.05, 0.1) is 6.42 Å². The quantitative estimate of drug-likeness (QED) is 0.799. The van der Waals surface area contributed by atoms with Crippen molar-refractivity contribution in [2.45, 2.75) is 12.8 Å². The summed E-state index contributed by atoms with van der Waals surface area (Å²) in [5.74, 6) is -0.696. The summed E-state index contributed by atoms with van der Waals surface area (Å²) in [4.78, 5) is 22.3. The van der Waals surface area contributed by atoms with Crippen LogP contribution in [0.4, 0.5) is 0 Å². The fourth-order valence-electron chi connectivity index (χ4n) is 1.95. The van der Waals surface area contributed by atoms with Crippen molar-refractivity contribution in [2.75, 3.05) is 0 Å². The molecule has 0 heterocycles. The third-order valence-electron chi connectivity index (χ3n) is 2.72. The molecule has 1 amide bonds. The molecule has 0 saturated heterocycles. The maximum atomic E-state index is 11.6. The van der Waals surface area contributed by atoms with Crippen LogP contribution < -0.4 is 5.73 Å². The second kappa shape index (κ2) is 4.87. The Balaban J connectivity index is 2.35. The predicted octanol–water partition coefficient (Wildman–Crippen LogP) is 1.53. The minimum Gasteiger partial charge on any atom is -0.508 e. The van der Waals surface area contributed by atoms with Crippen molar-refractivity contribution in [1.29, 1.82) is 0 Å². The van der Waals surface area contributed by atoms with E-state index in [2.05, 4.69) is 0 Å². The van der Waals surface area contributed by atoms with E-state index in [1.54, 1.807) is 24.3 Å². The number of carbonyl (C=O) groups is 2. The highest BCUT2D eigenvalue weighted by molar-refractivity contribution is 6.00. The number of phenolic OH excluding ortho intramolecular Hbond substituents is 1. The number of nitrogens with two attached hydrogens (primary N) is 1. The number of rotatable bonds is 4. The third kappa shape index (κ3) is 2.66. The first kappa shape index (κ1) is 12.1. The molecule has 4 nitrogen and oxygen atoms in total. The first-order valence-electron chi connectivity index (χ1n) is 5.57. The van der Waals surface area contributed by atoms with E-state index in [-0.39, 0.29) is 24.4 Å². The fourth-order valence-corrected chi connectivity index (χ4v) is 1.95. The van der Waals surface area contributed by atoms with Crippen LogP contribution in [0.1, 0.15) is 12.0 Å². The molecule has 2 aromatic rings. The van der Waals surface area contributed by atoms with E-state index in [1.165, 1.54) is 0 Å². The molecule has 0 fully saturated rings. The van der Waals surface area contributed by atoms with Crippen LogP contribution in [-0.2, 0) is 16.0 Å². The van der Waals surface area contributed by atoms with E-state index in [0.717, 1.165) is 16.3 Å². The Morgan fingerprint density at radius 1 is 1.17 bits per heavy atom. The van der Waals surface area contributed by atoms with Crippen LogP contribution in [0.25, 0.3) is 10.8 Å². The molecule has 0 saturated carbocycles. The first-order chi connectivity index (χ1) is 8.56. The van der Waals surface area contributed by atoms with Crippen molar-refractivity contribution >= 4 is 22.5 Å². The number of primary amides is 1. The van der Waals surface area contributed by atoms with Gasteiger partial charge in [-0.15, -0.1) is 0 Å². The lowest BCUT2D eigenvalue weighted by Crippen LogP contribution is -2.17. The molecule has 0 unspecified atom stereocenters. The number of hydrogen-bond acceptors (Lipinski definition) is 3. The van der Waals surface area contributed by atoms with Gasteiger partial charge in [-0.05, 0) is 28.5 Å². The number of ketones is 1. The number of phenols is 1. The fraction of sp³-hybridized carbons (Fsp3) is 0.143. The number of carbonyl (C=O) groups excluding carboxylic acids is 2. The van der Waals surface area contributed by atoms with Crippen LogP contribution in [0.5, 0.6) is 5.75 Å². The maximum Gasteiger partial charge on any atom is 0.224 e. The highest BCUT2D eigenvalue weighted by atomic mass is 16.3. The molecule has 4 heteroatoms. The molecule has 2 aromatic carbocycles. The number of aromatic hydroxyl groups is 1. The molecule has 0 bridgehead atoms. The van der Waals surface area contributed by atoms with Gasteiger partial charge >= 0.3 is 0 Å². The highest BCUT2D eigenvalue weighted by Crippen LogP contribution is 2.24. The molecule has 0 radical (unpaired) electrons. The first-order valence-corrected chi connectivity index (χ1v) is 5.57. The largest absolute Gasteiger partial charge is 0.508 e. The zero-order valence-electron chi connectivity index (χ0n) is 9.72. The highest BCUT2D eigenvalue weighted by Gasteiger charge is 2.10. The molecule has 0 atom stereocenters. The Morgan fingerprint density at radius 3 is 2.67 bits per heavy atom. The molecule has 0 aliphatic rings. The molecule has 3 N–H and O–H groups in total. The summed E-state index contributed by atoms with van der Waals surface area (Å²) in [5.41, 5.74) is 5.77. The summed E-state index contributed by atoms with van der Waals surface area (Å²) >= 11 is 0. The molecule has 0 spiro atoms. The molecule has 0 aliphatic carbocycles. The van der Waals surface area contributed by atoms with Gasteiger partial charge in [-0.3, -0.25) is 9.59 Å². The Morgan fingerprint density at radius 2 is 1.94 bits per heavy atom. The monoisotopic (exact) mass is 243 g/mol. The Hall–Kier alpha value is -2.36. The van der Waals surface area contributed by atoms with Crippen LogP contribution in [0, 0.1) is 0 Å². The minimum atomic E-state index is -0.622. The van der Waals surface area contributed by atoms with Crippen LogP contribution in [-0.4, -0.2) is 16.8 Å². The topological polar surface area (TPSA) is 80.4 Å². The zero-order valence-corrected chi connectivity index (χ0v) is 9.72. The van der Waals surface area contributed by atoms with Gasteiger partial charge in [-0.1, -0.05) is 24.3 Å². The average molecular weight is 243 g/mol. The third-order valence-corrected chi connectivity index (χ3v) is 2.72. The number of benzene rings is 2. The molecule has 92 valence electrons. The van der Waals surface area contributed by atoms with Crippen molar-refractivity contribution in [1.82, 2.24) is 0 Å². The van der Waals surface area contributed by atoms with Gasteiger partial charge in [0.25, 0.3) is 0 Å². The van der Waals surface area contributed by atoms with Crippen molar-refractivity contribution < 1.29 is 14.7 Å². The van der Waals surface area contributed by atoms with Crippen molar-refractivity contribution in [3.8, 4) is 5.75 Å². The molecule has 18 heavy (non-hydrogen) atoms. The van der Waals surface area contributed by atoms with Gasteiger partial charge in [0.2, 0.25) is 5.91 Å². The smallest absolute Gasteiger partial charge is 0.224 e. The van der Waals surface area contributed by atoms with Gasteiger partial charge in [0, 0.05) is 6.42 Å². The Labute approximate surface area is 104 Å². The maximum absolute atomic E-state index is 11.6. The lowest BCUT2D eigenvalue weighted by molar-refractivity contribution is -0.126. The molecular formula is C14H13NO3. The van der Waals surface area contributed by atoms with Crippen LogP contribution >= 0.6 is 0 Å². The summed E-state index contributed by atoms with van der Waals surface area (Å²) < 4.78 is 0. The van der Waals surface area contributed by atoms with Gasteiger partial charge in [0.1, 0.15) is 11.5 Å². The summed E-state index contributed by atoms with van der Waals surface area (Å²) in [6, 6.07) is 10.5. The van der Waals surface area contributed by atoms with E-state index >= 15 is 0 Å². The van der Waals surface area contributed by atoms with Crippen molar-refractivity contribution in [3.05, 3.63) is 42.0 Å². The van der Waals surface area contributed by atoms with Crippen molar-refractivity contribution in [2.24, 2.45) is 5.73 Å². The molecule has 0 aliphatic heterocycles.